The predicted octanol–water partition coefficient (Wildman–Crippen LogP) is 5.65. The number of nitrogens with zero attached hydrogens (tertiary/aromatic N) is 2. The fourth-order valence-corrected chi connectivity index (χ4v) is 4.92. The average molecular weight is 531 g/mol. The highest BCUT2D eigenvalue weighted by Gasteiger charge is 2.36. The minimum Gasteiger partial charge on any atom is -0.406 e. The predicted molar refractivity (Wildman–Crippen MR) is 115 cm³/mol. The van der Waals surface area contributed by atoms with Crippen molar-refractivity contribution in [2.45, 2.75) is 30.9 Å². The number of hydrogen-bond acceptors (Lipinski definition) is 6. The molecule has 0 unspecified atom stereocenters. The fraction of sp³-hybridized carbons (Fsp3) is 0.182. The summed E-state index contributed by atoms with van der Waals surface area (Å²) in [7, 11) is -4.49. The lowest BCUT2D eigenvalue weighted by Crippen LogP contribution is -2.30. The summed E-state index contributed by atoms with van der Waals surface area (Å²) in [4.78, 5) is 15.1. The van der Waals surface area contributed by atoms with Gasteiger partial charge in [-0.25, -0.2) is 13.4 Å². The van der Waals surface area contributed by atoms with Gasteiger partial charge in [0.15, 0.2) is 5.78 Å². The topological polar surface area (TPSA) is 88.6 Å². The van der Waals surface area contributed by atoms with Crippen LogP contribution in [0.5, 0.6) is 5.75 Å². The van der Waals surface area contributed by atoms with Crippen LogP contribution in [0.25, 0.3) is 0 Å². The van der Waals surface area contributed by atoms with Gasteiger partial charge in [0, 0.05) is 11.1 Å². The Bertz CT molecular complexity index is 1440. The van der Waals surface area contributed by atoms with Crippen molar-refractivity contribution in [2.24, 2.45) is 0 Å². The van der Waals surface area contributed by atoms with E-state index in [1.54, 1.807) is 0 Å². The summed E-state index contributed by atoms with van der Waals surface area (Å²) in [5.74, 6) is -1.29. The first-order chi connectivity index (χ1) is 16.6. The minimum absolute atomic E-state index is 0.0474. The normalized spacial score (nSPS) is 13.8. The molecule has 1 N–H and O–H groups in total. The lowest BCUT2D eigenvalue weighted by molar-refractivity contribution is -0.274. The summed E-state index contributed by atoms with van der Waals surface area (Å²) in [6.45, 7) is 0.765. The lowest BCUT2D eigenvalue weighted by atomic mass is 10.1. The van der Waals surface area contributed by atoms with Crippen molar-refractivity contribution in [3.63, 3.8) is 0 Å². The van der Waals surface area contributed by atoms with Crippen LogP contribution in [-0.4, -0.2) is 25.5 Å². The Hall–Kier alpha value is -3.81. The summed E-state index contributed by atoms with van der Waals surface area (Å²) in [5, 5.41) is 2.70. The monoisotopic (exact) mass is 531 g/mol. The highest BCUT2D eigenvalue weighted by Crippen LogP contribution is 2.40. The number of benzene rings is 2. The van der Waals surface area contributed by atoms with E-state index in [0.717, 1.165) is 34.6 Å². The van der Waals surface area contributed by atoms with Gasteiger partial charge < -0.3 is 10.1 Å². The molecule has 0 atom stereocenters. The largest absolute Gasteiger partial charge is 0.573 e. The maximum absolute atomic E-state index is 13.6. The number of sulfonamides is 1. The molecule has 190 valence electrons. The van der Waals surface area contributed by atoms with Crippen molar-refractivity contribution in [1.29, 1.82) is 0 Å². The molecular weight excluding hydrogens is 516 g/mol. The number of halogens is 6. The molecular formula is C22H15F6N3O4S. The zero-order valence-electron chi connectivity index (χ0n) is 18.1. The molecule has 0 bridgehead atoms. The third-order valence-electron chi connectivity index (χ3n) is 5.15. The fourth-order valence-electron chi connectivity index (χ4n) is 3.47. The summed E-state index contributed by atoms with van der Waals surface area (Å²) >= 11 is 0. The Labute approximate surface area is 200 Å². The molecule has 0 saturated heterocycles. The maximum atomic E-state index is 13.6. The number of anilines is 3. The van der Waals surface area contributed by atoms with Crippen molar-refractivity contribution < 1.29 is 44.3 Å². The number of hydrogen-bond donors (Lipinski definition) is 1. The van der Waals surface area contributed by atoms with Crippen LogP contribution in [0.3, 0.4) is 0 Å². The number of nitrogens with one attached hydrogen (secondary N) is 1. The summed E-state index contributed by atoms with van der Waals surface area (Å²) in [5.41, 5.74) is -1.01. The van der Waals surface area contributed by atoms with E-state index in [4.69, 9.17) is 0 Å². The molecule has 2 aromatic carbocycles. The molecule has 7 nitrogen and oxygen atoms in total. The van der Waals surface area contributed by atoms with Crippen LogP contribution in [-0.2, 0) is 22.7 Å². The van der Waals surface area contributed by atoms with Crippen molar-refractivity contribution in [3.8, 4) is 5.75 Å². The van der Waals surface area contributed by atoms with E-state index in [-0.39, 0.29) is 28.3 Å². The number of Topliss-reactive ketones (excluding diaryl/α,β-unsaturated/α-hetero) is 1. The number of carbonyl (C=O) groups excluding carboxylic acids is 1. The number of carbonyl (C=O) groups is 1. The van der Waals surface area contributed by atoms with Gasteiger partial charge in [-0.2, -0.15) is 13.2 Å². The number of fused-ring (bicyclic) bond motifs is 2. The van der Waals surface area contributed by atoms with E-state index in [1.807, 2.05) is 0 Å². The third kappa shape index (κ3) is 5.08. The molecule has 36 heavy (non-hydrogen) atoms. The number of ketones is 1. The number of rotatable bonds is 4. The Kier molecular flexibility index (Phi) is 6.11. The molecule has 2 heterocycles. The molecule has 1 aromatic heterocycles. The summed E-state index contributed by atoms with van der Waals surface area (Å²) < 4.78 is 109. The second-order valence-electron chi connectivity index (χ2n) is 7.65. The van der Waals surface area contributed by atoms with Crippen molar-refractivity contribution in [1.82, 2.24) is 4.98 Å². The van der Waals surface area contributed by atoms with E-state index in [0.29, 0.717) is 6.07 Å². The van der Waals surface area contributed by atoms with Gasteiger partial charge in [-0.05, 0) is 55.5 Å². The molecule has 0 spiro atoms. The van der Waals surface area contributed by atoms with Crippen LogP contribution in [0.1, 0.15) is 28.5 Å². The standard InChI is InChI=1S/C22H15F6N3O4S/c1-12(32)13-2-8-17-18(10-13)31(11-14-3-9-19(21(23,24)25)30-20(14)29-17)36(33,34)16-6-4-15(5-7-16)35-22(26,27)28/h2-10H,11H2,1H3,(H,29,30). The third-order valence-corrected chi connectivity index (χ3v) is 6.93. The minimum atomic E-state index is -4.98. The van der Waals surface area contributed by atoms with E-state index in [1.165, 1.54) is 25.1 Å². The van der Waals surface area contributed by atoms with Gasteiger partial charge in [0.1, 0.15) is 17.3 Å². The highest BCUT2D eigenvalue weighted by molar-refractivity contribution is 7.92. The van der Waals surface area contributed by atoms with Gasteiger partial charge in [0.05, 0.1) is 22.8 Å². The molecule has 14 heteroatoms. The van der Waals surface area contributed by atoms with E-state index in [9.17, 15) is 39.6 Å². The van der Waals surface area contributed by atoms with Crippen LogP contribution < -0.4 is 14.4 Å². The Balaban J connectivity index is 1.84. The molecule has 1 aliphatic rings. The molecule has 0 fully saturated rings. The van der Waals surface area contributed by atoms with Gasteiger partial charge in [0.2, 0.25) is 0 Å². The Morgan fingerprint density at radius 3 is 2.25 bits per heavy atom. The number of pyridine rings is 1. The van der Waals surface area contributed by atoms with Gasteiger partial charge in [-0.1, -0.05) is 6.07 Å². The van der Waals surface area contributed by atoms with Gasteiger partial charge in [0.25, 0.3) is 10.0 Å². The number of alkyl halides is 6. The van der Waals surface area contributed by atoms with Crippen LogP contribution in [0.2, 0.25) is 0 Å². The van der Waals surface area contributed by atoms with Gasteiger partial charge >= 0.3 is 12.5 Å². The Morgan fingerprint density at radius 1 is 1.00 bits per heavy atom. The molecule has 3 aromatic rings. The quantitative estimate of drug-likeness (QED) is 0.346. The lowest BCUT2D eigenvalue weighted by Gasteiger charge is -2.25. The van der Waals surface area contributed by atoms with Crippen molar-refractivity contribution in [2.75, 3.05) is 9.62 Å². The summed E-state index contributed by atoms with van der Waals surface area (Å²) in [6, 6.07) is 9.13. The van der Waals surface area contributed by atoms with Crippen LogP contribution in [0, 0.1) is 0 Å². The number of aromatic nitrogens is 1. The first kappa shape index (κ1) is 25.3. The van der Waals surface area contributed by atoms with Crippen LogP contribution in [0.4, 0.5) is 43.5 Å². The zero-order valence-corrected chi connectivity index (χ0v) is 18.9. The first-order valence-electron chi connectivity index (χ1n) is 10.0. The molecule has 0 radical (unpaired) electrons. The second-order valence-corrected chi connectivity index (χ2v) is 9.51. The second kappa shape index (κ2) is 8.69. The first-order valence-corrected chi connectivity index (χ1v) is 11.5. The molecule has 0 amide bonds. The zero-order chi connectivity index (χ0) is 26.5. The highest BCUT2D eigenvalue weighted by atomic mass is 32.2. The molecule has 0 saturated carbocycles. The van der Waals surface area contributed by atoms with E-state index in [2.05, 4.69) is 15.0 Å². The van der Waals surface area contributed by atoms with E-state index >= 15 is 0 Å². The Morgan fingerprint density at radius 2 is 1.67 bits per heavy atom. The van der Waals surface area contributed by atoms with Crippen LogP contribution in [0.15, 0.2) is 59.5 Å². The van der Waals surface area contributed by atoms with Gasteiger partial charge in [-0.15, -0.1) is 13.2 Å². The smallest absolute Gasteiger partial charge is 0.406 e. The van der Waals surface area contributed by atoms with E-state index < -0.39 is 51.2 Å². The van der Waals surface area contributed by atoms with Gasteiger partial charge in [-0.3, -0.25) is 9.10 Å². The van der Waals surface area contributed by atoms with Crippen molar-refractivity contribution >= 4 is 33.0 Å². The van der Waals surface area contributed by atoms with Crippen LogP contribution >= 0.6 is 0 Å². The SMILES string of the molecule is CC(=O)c1ccc2c(c1)N(S(=O)(=O)c1ccc(OC(F)(F)F)cc1)Cc1ccc(C(F)(F)F)nc1N2. The maximum Gasteiger partial charge on any atom is 0.573 e. The molecule has 4 rings (SSSR count). The van der Waals surface area contributed by atoms with Crippen molar-refractivity contribution in [3.05, 3.63) is 71.4 Å². The molecule has 0 aliphatic carbocycles. The average Bonchev–Trinajstić information content (AvgIpc) is 2.93. The summed E-state index contributed by atoms with van der Waals surface area (Å²) in [6.07, 6.45) is -9.73. The molecule has 1 aliphatic heterocycles. The number of ether oxygens (including phenoxy) is 1.